The van der Waals surface area contributed by atoms with Gasteiger partial charge < -0.3 is 11.1 Å². The number of hydrogen-bond donors (Lipinski definition) is 2. The minimum Gasteiger partial charge on any atom is -0.384 e. The van der Waals surface area contributed by atoms with Gasteiger partial charge in [0.25, 0.3) is 0 Å². The number of rotatable bonds is 3. The van der Waals surface area contributed by atoms with Crippen molar-refractivity contribution in [3.63, 3.8) is 0 Å². The Morgan fingerprint density at radius 2 is 2.29 bits per heavy atom. The molecule has 1 aromatic rings. The van der Waals surface area contributed by atoms with Crippen LogP contribution in [0.25, 0.3) is 0 Å². The van der Waals surface area contributed by atoms with Crippen LogP contribution in [-0.2, 0) is 6.54 Å². The second-order valence-corrected chi connectivity index (χ2v) is 3.88. The Balaban J connectivity index is 2.07. The van der Waals surface area contributed by atoms with E-state index in [1.807, 2.05) is 4.57 Å². The molecule has 3 N–H and O–H groups in total. The Hall–Kier alpha value is -1.19. The zero-order valence-electron chi connectivity index (χ0n) is 8.66. The summed E-state index contributed by atoms with van der Waals surface area (Å²) in [4.78, 5) is 4.28. The average Bonchev–Trinajstić information content (AvgIpc) is 2.77. The van der Waals surface area contributed by atoms with Gasteiger partial charge in [0.2, 0.25) is 5.95 Å². The van der Waals surface area contributed by atoms with Crippen molar-refractivity contribution in [1.29, 1.82) is 0 Å². The first kappa shape index (κ1) is 9.37. The first-order chi connectivity index (χ1) is 6.81. The lowest BCUT2D eigenvalue weighted by Gasteiger charge is -2.14. The summed E-state index contributed by atoms with van der Waals surface area (Å²) >= 11 is 0. The highest BCUT2D eigenvalue weighted by Gasteiger charge is 2.16. The number of anilines is 2. The van der Waals surface area contributed by atoms with Gasteiger partial charge in [0, 0.05) is 12.6 Å². The summed E-state index contributed by atoms with van der Waals surface area (Å²) in [6.07, 6.45) is 6.91. The van der Waals surface area contributed by atoms with Crippen LogP contribution < -0.4 is 11.1 Å². The fraction of sp³-hybridized carbons (Fsp3) is 0.700. The third kappa shape index (κ3) is 1.69. The lowest BCUT2D eigenvalue weighted by molar-refractivity contribution is 0.709. The molecule has 1 aliphatic rings. The van der Waals surface area contributed by atoms with Crippen molar-refractivity contribution in [1.82, 2.24) is 9.55 Å². The maximum atomic E-state index is 5.79. The molecule has 1 saturated carbocycles. The van der Waals surface area contributed by atoms with E-state index in [1.165, 1.54) is 25.7 Å². The van der Waals surface area contributed by atoms with E-state index < -0.39 is 0 Å². The third-order valence-corrected chi connectivity index (χ3v) is 2.89. The number of nitrogens with zero attached hydrogens (tertiary/aromatic N) is 2. The van der Waals surface area contributed by atoms with E-state index in [-0.39, 0.29) is 0 Å². The summed E-state index contributed by atoms with van der Waals surface area (Å²) in [5.74, 6) is 1.67. The Kier molecular flexibility index (Phi) is 2.61. The molecule has 0 saturated heterocycles. The van der Waals surface area contributed by atoms with Crippen LogP contribution in [0.2, 0.25) is 0 Å². The van der Waals surface area contributed by atoms with Gasteiger partial charge in [-0.05, 0) is 19.8 Å². The molecular weight excluding hydrogens is 176 g/mol. The SMILES string of the molecule is CCn1c(N)cnc1NC1CCCC1. The maximum absolute atomic E-state index is 5.79. The standard InChI is InChI=1S/C10H18N4/c1-2-14-9(11)7-12-10(14)13-8-5-3-4-6-8/h7-8H,2-6,11H2,1H3,(H,12,13). The minimum absolute atomic E-state index is 0.599. The number of imidazole rings is 1. The molecular formula is C10H18N4. The molecule has 4 heteroatoms. The van der Waals surface area contributed by atoms with Gasteiger partial charge in [-0.3, -0.25) is 4.57 Å². The Labute approximate surface area is 84.5 Å². The predicted molar refractivity (Wildman–Crippen MR) is 58.2 cm³/mol. The van der Waals surface area contributed by atoms with Crippen LogP contribution >= 0.6 is 0 Å². The fourth-order valence-corrected chi connectivity index (χ4v) is 2.09. The molecule has 0 aromatic carbocycles. The Bertz CT molecular complexity index is 299. The molecule has 0 radical (unpaired) electrons. The normalized spacial score (nSPS) is 17.5. The Morgan fingerprint density at radius 3 is 2.93 bits per heavy atom. The van der Waals surface area contributed by atoms with Crippen LogP contribution in [-0.4, -0.2) is 15.6 Å². The number of nitrogens with one attached hydrogen (secondary N) is 1. The summed E-state index contributed by atoms with van der Waals surface area (Å²) in [7, 11) is 0. The molecule has 0 unspecified atom stereocenters. The molecule has 2 rings (SSSR count). The fourth-order valence-electron chi connectivity index (χ4n) is 2.09. The van der Waals surface area contributed by atoms with Crippen molar-refractivity contribution in [3.05, 3.63) is 6.20 Å². The number of aromatic nitrogens is 2. The van der Waals surface area contributed by atoms with Gasteiger partial charge in [-0.2, -0.15) is 0 Å². The van der Waals surface area contributed by atoms with Gasteiger partial charge in [0.1, 0.15) is 5.82 Å². The zero-order valence-corrected chi connectivity index (χ0v) is 8.66. The molecule has 1 aliphatic carbocycles. The van der Waals surface area contributed by atoms with Gasteiger partial charge in [-0.1, -0.05) is 12.8 Å². The van der Waals surface area contributed by atoms with Crippen molar-refractivity contribution >= 4 is 11.8 Å². The highest BCUT2D eigenvalue weighted by molar-refractivity contribution is 5.40. The van der Waals surface area contributed by atoms with Gasteiger partial charge in [-0.15, -0.1) is 0 Å². The van der Waals surface area contributed by atoms with Crippen LogP contribution in [0.15, 0.2) is 6.20 Å². The van der Waals surface area contributed by atoms with E-state index >= 15 is 0 Å². The molecule has 0 aliphatic heterocycles. The van der Waals surface area contributed by atoms with Crippen LogP contribution in [0.4, 0.5) is 11.8 Å². The monoisotopic (exact) mass is 194 g/mol. The lowest BCUT2D eigenvalue weighted by atomic mass is 10.2. The van der Waals surface area contributed by atoms with E-state index in [9.17, 15) is 0 Å². The number of nitrogen functional groups attached to an aromatic ring is 1. The van der Waals surface area contributed by atoms with Gasteiger partial charge in [0.05, 0.1) is 6.20 Å². The van der Waals surface area contributed by atoms with E-state index in [0.717, 1.165) is 18.3 Å². The van der Waals surface area contributed by atoms with E-state index in [1.54, 1.807) is 6.20 Å². The lowest BCUT2D eigenvalue weighted by Crippen LogP contribution is -2.18. The molecule has 0 spiro atoms. The van der Waals surface area contributed by atoms with Crippen molar-refractivity contribution in [2.24, 2.45) is 0 Å². The van der Waals surface area contributed by atoms with E-state index in [2.05, 4.69) is 17.2 Å². The smallest absolute Gasteiger partial charge is 0.204 e. The van der Waals surface area contributed by atoms with Crippen LogP contribution in [0.5, 0.6) is 0 Å². The van der Waals surface area contributed by atoms with Gasteiger partial charge in [0.15, 0.2) is 0 Å². The molecule has 78 valence electrons. The quantitative estimate of drug-likeness (QED) is 0.772. The molecule has 14 heavy (non-hydrogen) atoms. The van der Waals surface area contributed by atoms with Crippen molar-refractivity contribution < 1.29 is 0 Å². The molecule has 1 aromatic heterocycles. The summed E-state index contributed by atoms with van der Waals surface area (Å²) in [6.45, 7) is 2.96. The van der Waals surface area contributed by atoms with Crippen molar-refractivity contribution in [3.8, 4) is 0 Å². The second kappa shape index (κ2) is 3.90. The van der Waals surface area contributed by atoms with E-state index in [0.29, 0.717) is 6.04 Å². The van der Waals surface area contributed by atoms with Crippen LogP contribution in [0.3, 0.4) is 0 Å². The molecule has 0 amide bonds. The topological polar surface area (TPSA) is 55.9 Å². The molecule has 1 fully saturated rings. The summed E-state index contributed by atoms with van der Waals surface area (Å²) < 4.78 is 2.01. The van der Waals surface area contributed by atoms with Crippen LogP contribution in [0, 0.1) is 0 Å². The van der Waals surface area contributed by atoms with Gasteiger partial charge in [-0.25, -0.2) is 4.98 Å². The third-order valence-electron chi connectivity index (χ3n) is 2.89. The minimum atomic E-state index is 0.599. The molecule has 0 atom stereocenters. The highest BCUT2D eigenvalue weighted by Crippen LogP contribution is 2.22. The zero-order chi connectivity index (χ0) is 9.97. The predicted octanol–water partition coefficient (Wildman–Crippen LogP) is 1.84. The molecule has 0 bridgehead atoms. The van der Waals surface area contributed by atoms with Crippen LogP contribution in [0.1, 0.15) is 32.6 Å². The maximum Gasteiger partial charge on any atom is 0.204 e. The average molecular weight is 194 g/mol. The largest absolute Gasteiger partial charge is 0.384 e. The first-order valence-corrected chi connectivity index (χ1v) is 5.38. The first-order valence-electron chi connectivity index (χ1n) is 5.38. The highest BCUT2D eigenvalue weighted by atomic mass is 15.2. The number of hydrogen-bond acceptors (Lipinski definition) is 3. The van der Waals surface area contributed by atoms with E-state index in [4.69, 9.17) is 5.73 Å². The van der Waals surface area contributed by atoms with Gasteiger partial charge >= 0.3 is 0 Å². The van der Waals surface area contributed by atoms with Crippen molar-refractivity contribution in [2.45, 2.75) is 45.2 Å². The van der Waals surface area contributed by atoms with Crippen molar-refractivity contribution in [2.75, 3.05) is 11.1 Å². The number of nitrogens with two attached hydrogens (primary N) is 1. The summed E-state index contributed by atoms with van der Waals surface area (Å²) in [5.41, 5.74) is 5.79. The summed E-state index contributed by atoms with van der Waals surface area (Å²) in [6, 6.07) is 0.599. The molecule has 1 heterocycles. The summed E-state index contributed by atoms with van der Waals surface area (Å²) in [5, 5.41) is 3.45. The Morgan fingerprint density at radius 1 is 1.57 bits per heavy atom. The second-order valence-electron chi connectivity index (χ2n) is 3.88. The molecule has 4 nitrogen and oxygen atoms in total.